The molecule has 1 aromatic carbocycles. The third-order valence-corrected chi connectivity index (χ3v) is 3.50. The number of carbonyl (C=O) groups excluding carboxylic acids is 2. The molecule has 7 heteroatoms. The Morgan fingerprint density at radius 3 is 1.94 bits per heavy atom. The predicted molar refractivity (Wildman–Crippen MR) is 125 cm³/mol. The van der Waals surface area contributed by atoms with Gasteiger partial charge in [0.15, 0.2) is 0 Å². The number of nitrogens with one attached hydrogen (secondary N) is 1. The van der Waals surface area contributed by atoms with E-state index in [1.54, 1.807) is 41.5 Å². The van der Waals surface area contributed by atoms with Crippen LogP contribution in [0.3, 0.4) is 0 Å². The summed E-state index contributed by atoms with van der Waals surface area (Å²) >= 11 is 0. The van der Waals surface area contributed by atoms with Crippen LogP contribution in [-0.4, -0.2) is 33.5 Å². The van der Waals surface area contributed by atoms with E-state index >= 15 is 0 Å². The Morgan fingerprint density at radius 1 is 0.903 bits per heavy atom. The van der Waals surface area contributed by atoms with Crippen LogP contribution in [0.1, 0.15) is 80.5 Å². The highest BCUT2D eigenvalue weighted by Gasteiger charge is 2.29. The molecule has 0 atom stereocenters. The molecule has 1 aromatic heterocycles. The van der Waals surface area contributed by atoms with Gasteiger partial charge >= 0.3 is 12.2 Å². The quantitative estimate of drug-likeness (QED) is 0.400. The molecule has 0 spiro atoms. The van der Waals surface area contributed by atoms with Crippen LogP contribution >= 0.6 is 0 Å². The van der Waals surface area contributed by atoms with Crippen molar-refractivity contribution in [1.29, 1.82) is 0 Å². The van der Waals surface area contributed by atoms with Gasteiger partial charge in [0.2, 0.25) is 0 Å². The van der Waals surface area contributed by atoms with Crippen molar-refractivity contribution >= 4 is 23.2 Å². The van der Waals surface area contributed by atoms with Crippen LogP contribution < -0.4 is 0 Å². The Labute approximate surface area is 187 Å². The summed E-state index contributed by atoms with van der Waals surface area (Å²) in [7, 11) is 0. The smallest absolute Gasteiger partial charge is 0.442 e. The number of hydrogen-bond donors (Lipinski definition) is 1. The van der Waals surface area contributed by atoms with Crippen molar-refractivity contribution in [1.82, 2.24) is 10.0 Å². The third kappa shape index (κ3) is 9.77. The molecule has 0 unspecified atom stereocenters. The second kappa shape index (κ2) is 12.2. The van der Waals surface area contributed by atoms with E-state index in [2.05, 4.69) is 4.98 Å². The molecule has 7 nitrogen and oxygen atoms in total. The van der Waals surface area contributed by atoms with Crippen molar-refractivity contribution in [2.24, 2.45) is 0 Å². The number of hydrogen-bond acceptors (Lipinski definition) is 5. The van der Waals surface area contributed by atoms with Gasteiger partial charge in [-0.25, -0.2) is 9.59 Å². The number of ether oxygens (including phenoxy) is 2. The molecule has 176 valence electrons. The van der Waals surface area contributed by atoms with Crippen LogP contribution in [-0.2, 0) is 20.9 Å². The molecule has 0 aliphatic heterocycles. The van der Waals surface area contributed by atoms with Gasteiger partial charge in [0.1, 0.15) is 11.2 Å². The SMILES string of the molecule is CC.CC.Cc1[nH]c2ccccc2c1CN(OC(=O)OC(C)(C)C)C(=O)OC(C)(C)C. The summed E-state index contributed by atoms with van der Waals surface area (Å²) in [5, 5.41) is 1.83. The Balaban J connectivity index is 0.00000212. The van der Waals surface area contributed by atoms with Gasteiger partial charge in [-0.15, -0.1) is 5.06 Å². The Hall–Kier alpha value is -2.70. The number of carbonyl (C=O) groups is 2. The monoisotopic (exact) mass is 436 g/mol. The Kier molecular flexibility index (Phi) is 11.2. The Morgan fingerprint density at radius 2 is 1.42 bits per heavy atom. The molecule has 1 heterocycles. The largest absolute Gasteiger partial charge is 0.534 e. The standard InChI is InChI=1S/C20H28N2O5.2C2H6/c1-13-15(14-10-8-9-11-16(14)21-13)12-22(17(23)25-19(2,3)4)27-18(24)26-20(5,6)7;2*1-2/h8-11,21H,12H2,1-7H3;2*1-2H3. The molecule has 2 aromatic rings. The number of aromatic amines is 1. The van der Waals surface area contributed by atoms with Gasteiger partial charge in [0, 0.05) is 22.2 Å². The molecule has 0 fully saturated rings. The molecule has 31 heavy (non-hydrogen) atoms. The van der Waals surface area contributed by atoms with E-state index in [-0.39, 0.29) is 6.54 Å². The number of aromatic nitrogens is 1. The summed E-state index contributed by atoms with van der Waals surface area (Å²) < 4.78 is 10.5. The number of H-pyrrole nitrogens is 1. The molecular weight excluding hydrogens is 396 g/mol. The zero-order chi connectivity index (χ0) is 24.4. The van der Waals surface area contributed by atoms with E-state index in [1.807, 2.05) is 58.9 Å². The van der Waals surface area contributed by atoms with Gasteiger partial charge in [-0.3, -0.25) is 4.84 Å². The molecule has 1 amide bonds. The molecule has 0 saturated heterocycles. The van der Waals surface area contributed by atoms with Crippen molar-refractivity contribution in [3.8, 4) is 0 Å². The van der Waals surface area contributed by atoms with E-state index in [9.17, 15) is 9.59 Å². The molecule has 0 saturated carbocycles. The van der Waals surface area contributed by atoms with E-state index in [1.165, 1.54) is 0 Å². The van der Waals surface area contributed by atoms with Gasteiger partial charge in [0.25, 0.3) is 0 Å². The molecule has 1 N–H and O–H groups in total. The first-order valence-electron chi connectivity index (χ1n) is 10.8. The van der Waals surface area contributed by atoms with Crippen molar-refractivity contribution in [2.75, 3.05) is 0 Å². The fourth-order valence-electron chi connectivity index (χ4n) is 2.49. The second-order valence-corrected chi connectivity index (χ2v) is 8.35. The van der Waals surface area contributed by atoms with Crippen molar-refractivity contribution in [3.05, 3.63) is 35.5 Å². The van der Waals surface area contributed by atoms with E-state index in [0.717, 1.165) is 27.2 Å². The highest BCUT2D eigenvalue weighted by molar-refractivity contribution is 5.85. The maximum absolute atomic E-state index is 12.6. The lowest BCUT2D eigenvalue weighted by Gasteiger charge is -2.27. The summed E-state index contributed by atoms with van der Waals surface area (Å²) in [6.07, 6.45) is -1.73. The summed E-state index contributed by atoms with van der Waals surface area (Å²) in [6.45, 7) is 20.3. The van der Waals surface area contributed by atoms with E-state index < -0.39 is 23.5 Å². The van der Waals surface area contributed by atoms with Crippen molar-refractivity contribution < 1.29 is 23.9 Å². The van der Waals surface area contributed by atoms with Crippen LogP contribution in [0, 0.1) is 6.92 Å². The van der Waals surface area contributed by atoms with Crippen molar-refractivity contribution in [3.63, 3.8) is 0 Å². The fourth-order valence-corrected chi connectivity index (χ4v) is 2.49. The predicted octanol–water partition coefficient (Wildman–Crippen LogP) is 7.13. The molecule has 0 aliphatic carbocycles. The first kappa shape index (κ1) is 28.3. The molecule has 0 aliphatic rings. The normalized spacial score (nSPS) is 10.8. The minimum absolute atomic E-state index is 0.0317. The van der Waals surface area contributed by atoms with Crippen LogP contribution in [0.2, 0.25) is 0 Å². The number of hydroxylamine groups is 2. The molecular formula is C24H40N2O5. The van der Waals surface area contributed by atoms with Crippen LogP contribution in [0.5, 0.6) is 0 Å². The summed E-state index contributed by atoms with van der Waals surface area (Å²) in [6, 6.07) is 7.71. The number of amides is 1. The molecule has 0 radical (unpaired) electrons. The number of fused-ring (bicyclic) bond motifs is 1. The van der Waals surface area contributed by atoms with Gasteiger partial charge < -0.3 is 14.5 Å². The number of benzene rings is 1. The minimum atomic E-state index is -0.967. The van der Waals surface area contributed by atoms with Gasteiger partial charge in [-0.1, -0.05) is 45.9 Å². The van der Waals surface area contributed by atoms with Crippen LogP contribution in [0.25, 0.3) is 10.9 Å². The summed E-state index contributed by atoms with van der Waals surface area (Å²) in [5.41, 5.74) is 1.17. The lowest BCUT2D eigenvalue weighted by molar-refractivity contribution is -0.140. The molecule has 0 bridgehead atoms. The van der Waals surface area contributed by atoms with Gasteiger partial charge in [-0.05, 0) is 54.5 Å². The Bertz CT molecular complexity index is 829. The number of aryl methyl sites for hydroxylation is 1. The lowest BCUT2D eigenvalue weighted by Crippen LogP contribution is -2.39. The zero-order valence-electron chi connectivity index (χ0n) is 21.0. The van der Waals surface area contributed by atoms with Gasteiger partial charge in [-0.2, -0.15) is 0 Å². The number of nitrogens with zero attached hydrogens (tertiary/aromatic N) is 1. The van der Waals surface area contributed by atoms with Crippen molar-refractivity contribution in [2.45, 2.75) is 93.9 Å². The van der Waals surface area contributed by atoms with Crippen LogP contribution in [0.15, 0.2) is 24.3 Å². The maximum atomic E-state index is 12.6. The minimum Gasteiger partial charge on any atom is -0.442 e. The van der Waals surface area contributed by atoms with Crippen LogP contribution in [0.4, 0.5) is 9.59 Å². The average Bonchev–Trinajstić information content (AvgIpc) is 2.97. The maximum Gasteiger partial charge on any atom is 0.534 e. The first-order chi connectivity index (χ1) is 14.4. The second-order valence-electron chi connectivity index (χ2n) is 8.35. The fraction of sp³-hybridized carbons (Fsp3) is 0.583. The summed E-state index contributed by atoms with van der Waals surface area (Å²) in [4.78, 5) is 33.2. The third-order valence-electron chi connectivity index (χ3n) is 3.50. The van der Waals surface area contributed by atoms with E-state index in [0.29, 0.717) is 0 Å². The highest BCUT2D eigenvalue weighted by Crippen LogP contribution is 2.24. The summed E-state index contributed by atoms with van der Waals surface area (Å²) in [5.74, 6) is 0. The lowest BCUT2D eigenvalue weighted by atomic mass is 10.1. The highest BCUT2D eigenvalue weighted by atomic mass is 16.8. The van der Waals surface area contributed by atoms with Gasteiger partial charge in [0.05, 0.1) is 6.54 Å². The number of rotatable bonds is 2. The number of para-hydroxylation sites is 1. The zero-order valence-corrected chi connectivity index (χ0v) is 21.0. The average molecular weight is 437 g/mol. The topological polar surface area (TPSA) is 80.9 Å². The molecule has 2 rings (SSSR count). The van der Waals surface area contributed by atoms with E-state index in [4.69, 9.17) is 14.3 Å². The first-order valence-corrected chi connectivity index (χ1v) is 10.8.